The summed E-state index contributed by atoms with van der Waals surface area (Å²) in [6.07, 6.45) is 15.5. The lowest BCUT2D eigenvalue weighted by Gasteiger charge is -2.22. The largest absolute Gasteiger partial charge is 0.331 e. The Balaban J connectivity index is 3.09. The molecule has 1 rings (SSSR count). The summed E-state index contributed by atoms with van der Waals surface area (Å²) in [5.74, 6) is -0.168. The molecule has 4 heteroatoms. The summed E-state index contributed by atoms with van der Waals surface area (Å²) < 4.78 is 0. The quantitative estimate of drug-likeness (QED) is 0.543. The maximum Gasteiger partial charge on any atom is 0.254 e. The van der Waals surface area contributed by atoms with Crippen LogP contribution in [0.5, 0.6) is 0 Å². The summed E-state index contributed by atoms with van der Waals surface area (Å²) >= 11 is 0. The summed E-state index contributed by atoms with van der Waals surface area (Å²) in [6, 6.07) is 6.99. The van der Waals surface area contributed by atoms with Gasteiger partial charge in [0.05, 0.1) is 0 Å². The SMILES string of the molecule is C/C=C/CN(C/C=C/C)C(=O)c1cccc(C(=O)N(C/C=C/C)C/C=C/C)c1. The number of carbonyl (C=O) groups is 2. The van der Waals surface area contributed by atoms with Gasteiger partial charge in [0.1, 0.15) is 0 Å². The number of amides is 2. The highest BCUT2D eigenvalue weighted by atomic mass is 16.2. The first-order valence-electron chi connectivity index (χ1n) is 9.72. The van der Waals surface area contributed by atoms with Gasteiger partial charge in [0.2, 0.25) is 0 Å². The van der Waals surface area contributed by atoms with Crippen molar-refractivity contribution in [3.63, 3.8) is 0 Å². The minimum absolute atomic E-state index is 0.0840. The van der Waals surface area contributed by atoms with Gasteiger partial charge in [-0.2, -0.15) is 0 Å². The van der Waals surface area contributed by atoms with Crippen LogP contribution in [-0.4, -0.2) is 47.8 Å². The van der Waals surface area contributed by atoms with E-state index in [4.69, 9.17) is 0 Å². The fourth-order valence-corrected chi connectivity index (χ4v) is 2.56. The average Bonchev–Trinajstić information content (AvgIpc) is 2.73. The molecule has 0 aliphatic carbocycles. The van der Waals surface area contributed by atoms with Crippen LogP contribution in [0.4, 0.5) is 0 Å². The van der Waals surface area contributed by atoms with Crippen LogP contribution in [0.15, 0.2) is 72.9 Å². The Bertz CT molecular complexity index is 657. The van der Waals surface area contributed by atoms with Gasteiger partial charge in [-0.1, -0.05) is 54.7 Å². The summed E-state index contributed by atoms with van der Waals surface area (Å²) in [5.41, 5.74) is 1.05. The van der Waals surface area contributed by atoms with Crippen molar-refractivity contribution in [1.82, 2.24) is 9.80 Å². The van der Waals surface area contributed by atoms with E-state index < -0.39 is 0 Å². The van der Waals surface area contributed by atoms with Gasteiger partial charge >= 0.3 is 0 Å². The molecule has 0 saturated heterocycles. The minimum atomic E-state index is -0.0840. The summed E-state index contributed by atoms with van der Waals surface area (Å²) in [5, 5.41) is 0. The van der Waals surface area contributed by atoms with Crippen molar-refractivity contribution >= 4 is 11.8 Å². The Kier molecular flexibility index (Phi) is 11.0. The average molecular weight is 381 g/mol. The molecule has 0 fully saturated rings. The Morgan fingerprint density at radius 1 is 0.679 bits per heavy atom. The number of benzene rings is 1. The monoisotopic (exact) mass is 380 g/mol. The third-order valence-corrected chi connectivity index (χ3v) is 4.18. The van der Waals surface area contributed by atoms with E-state index in [1.54, 1.807) is 34.1 Å². The first-order chi connectivity index (χ1) is 13.6. The van der Waals surface area contributed by atoms with Crippen molar-refractivity contribution in [3.05, 3.63) is 84.0 Å². The summed E-state index contributed by atoms with van der Waals surface area (Å²) in [7, 11) is 0. The molecule has 1 aromatic carbocycles. The zero-order chi connectivity index (χ0) is 20.8. The maximum absolute atomic E-state index is 13.0. The summed E-state index contributed by atoms with van der Waals surface area (Å²) in [4.78, 5) is 29.4. The van der Waals surface area contributed by atoms with Crippen molar-refractivity contribution < 1.29 is 9.59 Å². The lowest BCUT2D eigenvalue weighted by molar-refractivity contribution is 0.0789. The van der Waals surface area contributed by atoms with Crippen LogP contribution < -0.4 is 0 Å². The van der Waals surface area contributed by atoms with Gasteiger partial charge in [-0.15, -0.1) is 0 Å². The minimum Gasteiger partial charge on any atom is -0.331 e. The van der Waals surface area contributed by atoms with Gasteiger partial charge in [-0.3, -0.25) is 9.59 Å². The van der Waals surface area contributed by atoms with E-state index in [0.29, 0.717) is 37.3 Å². The fourth-order valence-electron chi connectivity index (χ4n) is 2.56. The Hall–Kier alpha value is -2.88. The van der Waals surface area contributed by atoms with E-state index in [9.17, 15) is 9.59 Å². The highest BCUT2D eigenvalue weighted by molar-refractivity contribution is 5.99. The van der Waals surface area contributed by atoms with Gasteiger partial charge in [0.25, 0.3) is 11.8 Å². The number of carbonyl (C=O) groups excluding carboxylic acids is 2. The smallest absolute Gasteiger partial charge is 0.254 e. The summed E-state index contributed by atoms with van der Waals surface area (Å²) in [6.45, 7) is 9.87. The van der Waals surface area contributed by atoms with E-state index in [1.165, 1.54) is 0 Å². The van der Waals surface area contributed by atoms with Crippen molar-refractivity contribution in [2.75, 3.05) is 26.2 Å². The van der Waals surface area contributed by atoms with Crippen LogP contribution in [0, 0.1) is 0 Å². The van der Waals surface area contributed by atoms with Crippen LogP contribution in [0.25, 0.3) is 0 Å². The second kappa shape index (κ2) is 13.3. The van der Waals surface area contributed by atoms with E-state index in [0.717, 1.165) is 0 Å². The molecule has 0 aliphatic heterocycles. The molecule has 0 atom stereocenters. The van der Waals surface area contributed by atoms with Crippen LogP contribution >= 0.6 is 0 Å². The molecule has 4 nitrogen and oxygen atoms in total. The molecule has 0 N–H and O–H groups in total. The Morgan fingerprint density at radius 3 is 1.29 bits per heavy atom. The number of allylic oxidation sites excluding steroid dienone is 4. The molecule has 0 aromatic heterocycles. The normalized spacial score (nSPS) is 11.9. The first-order valence-corrected chi connectivity index (χ1v) is 9.72. The maximum atomic E-state index is 13.0. The molecule has 28 heavy (non-hydrogen) atoms. The molecule has 0 spiro atoms. The molecular weight excluding hydrogens is 348 g/mol. The predicted octanol–water partition coefficient (Wildman–Crippen LogP) is 4.88. The van der Waals surface area contributed by atoms with Gasteiger partial charge < -0.3 is 9.80 Å². The van der Waals surface area contributed by atoms with Gasteiger partial charge in [0.15, 0.2) is 0 Å². The van der Waals surface area contributed by atoms with Crippen molar-refractivity contribution in [3.8, 4) is 0 Å². The van der Waals surface area contributed by atoms with E-state index >= 15 is 0 Å². The van der Waals surface area contributed by atoms with E-state index in [2.05, 4.69) is 0 Å². The molecular formula is C24H32N2O2. The number of nitrogens with zero attached hydrogens (tertiary/aromatic N) is 2. The third kappa shape index (κ3) is 7.39. The molecule has 0 aliphatic rings. The van der Waals surface area contributed by atoms with Crippen LogP contribution in [0.3, 0.4) is 0 Å². The first kappa shape index (κ1) is 23.2. The molecule has 1 aromatic rings. The molecule has 0 heterocycles. The second-order valence-electron chi connectivity index (χ2n) is 6.28. The predicted molar refractivity (Wildman–Crippen MR) is 118 cm³/mol. The standard InChI is InChI=1S/C24H32N2O2/c1-5-9-16-25(17-10-6-2)23(27)21-14-13-15-22(20-21)24(28)26(18-11-7-3)19-12-8-4/h5-15,20H,16-19H2,1-4H3/b9-5+,10-6+,11-7+,12-8+. The fraction of sp³-hybridized carbons (Fsp3) is 0.333. The van der Waals surface area contributed by atoms with E-state index in [1.807, 2.05) is 76.3 Å². The molecule has 2 amide bonds. The second-order valence-corrected chi connectivity index (χ2v) is 6.28. The van der Waals surface area contributed by atoms with Crippen molar-refractivity contribution in [1.29, 1.82) is 0 Å². The van der Waals surface area contributed by atoms with Crippen LogP contribution in [-0.2, 0) is 0 Å². The third-order valence-electron chi connectivity index (χ3n) is 4.18. The van der Waals surface area contributed by atoms with E-state index in [-0.39, 0.29) is 11.8 Å². The molecule has 0 unspecified atom stereocenters. The highest BCUT2D eigenvalue weighted by Crippen LogP contribution is 2.12. The zero-order valence-electron chi connectivity index (χ0n) is 17.5. The molecule has 0 bridgehead atoms. The Morgan fingerprint density at radius 2 is 1.00 bits per heavy atom. The molecule has 150 valence electrons. The lowest BCUT2D eigenvalue weighted by Crippen LogP contribution is -2.33. The van der Waals surface area contributed by atoms with Gasteiger partial charge in [-0.25, -0.2) is 0 Å². The molecule has 0 saturated carbocycles. The van der Waals surface area contributed by atoms with Crippen molar-refractivity contribution in [2.24, 2.45) is 0 Å². The highest BCUT2D eigenvalue weighted by Gasteiger charge is 2.18. The number of rotatable bonds is 10. The van der Waals surface area contributed by atoms with Crippen LogP contribution in [0.2, 0.25) is 0 Å². The van der Waals surface area contributed by atoms with Gasteiger partial charge in [-0.05, 0) is 45.9 Å². The number of hydrogen-bond donors (Lipinski definition) is 0. The van der Waals surface area contributed by atoms with Crippen molar-refractivity contribution in [2.45, 2.75) is 27.7 Å². The lowest BCUT2D eigenvalue weighted by atomic mass is 10.1. The van der Waals surface area contributed by atoms with Crippen LogP contribution in [0.1, 0.15) is 48.4 Å². The van der Waals surface area contributed by atoms with Gasteiger partial charge in [0, 0.05) is 37.3 Å². The molecule has 0 radical (unpaired) electrons. The topological polar surface area (TPSA) is 40.6 Å². The number of hydrogen-bond acceptors (Lipinski definition) is 2. The Labute approximate surface area is 169 Å². The zero-order valence-corrected chi connectivity index (χ0v) is 17.5.